The molecule has 3 aliphatic carbocycles. The van der Waals surface area contributed by atoms with Gasteiger partial charge in [0.2, 0.25) is 0 Å². The molecule has 1 aromatic rings. The van der Waals surface area contributed by atoms with Crippen LogP contribution < -0.4 is 0 Å². The van der Waals surface area contributed by atoms with Gasteiger partial charge in [-0.15, -0.1) is 0 Å². The second-order valence-electron chi connectivity index (χ2n) is 12.6. The van der Waals surface area contributed by atoms with Crippen molar-refractivity contribution in [2.24, 2.45) is 29.1 Å². The van der Waals surface area contributed by atoms with Crippen molar-refractivity contribution in [3.05, 3.63) is 47.5 Å². The summed E-state index contributed by atoms with van der Waals surface area (Å²) < 4.78 is 23.8. The van der Waals surface area contributed by atoms with E-state index in [1.165, 1.54) is 13.8 Å². The number of benzene rings is 1. The molecular formula is C31H38O9. The Bertz CT molecular complexity index is 1270. The van der Waals surface area contributed by atoms with Crippen LogP contribution in [0, 0.1) is 29.1 Å². The molecular weight excluding hydrogens is 516 g/mol. The summed E-state index contributed by atoms with van der Waals surface area (Å²) in [5, 5.41) is 11.8. The van der Waals surface area contributed by atoms with E-state index in [0.29, 0.717) is 17.6 Å². The van der Waals surface area contributed by atoms with E-state index in [1.807, 2.05) is 20.8 Å². The van der Waals surface area contributed by atoms with Crippen molar-refractivity contribution < 1.29 is 43.2 Å². The smallest absolute Gasteiger partial charge is 0.338 e. The number of aliphatic hydroxyl groups excluding tert-OH is 1. The van der Waals surface area contributed by atoms with Crippen molar-refractivity contribution in [3.8, 4) is 0 Å². The second kappa shape index (κ2) is 9.52. The lowest BCUT2D eigenvalue weighted by Gasteiger charge is -2.28. The minimum absolute atomic E-state index is 0.207. The van der Waals surface area contributed by atoms with Gasteiger partial charge in [-0.2, -0.15) is 0 Å². The highest BCUT2D eigenvalue weighted by atomic mass is 16.7. The molecule has 10 atom stereocenters. The van der Waals surface area contributed by atoms with Crippen molar-refractivity contribution in [1.82, 2.24) is 0 Å². The molecule has 3 fully saturated rings. The predicted molar refractivity (Wildman–Crippen MR) is 142 cm³/mol. The van der Waals surface area contributed by atoms with E-state index in [9.17, 15) is 24.3 Å². The molecule has 1 saturated heterocycles. The third-order valence-electron chi connectivity index (χ3n) is 9.56. The van der Waals surface area contributed by atoms with Crippen LogP contribution in [-0.4, -0.2) is 64.4 Å². The molecule has 1 aliphatic heterocycles. The summed E-state index contributed by atoms with van der Waals surface area (Å²) in [5.41, 5.74) is -2.33. The molecule has 0 amide bonds. The Labute approximate surface area is 234 Å². The zero-order chi connectivity index (χ0) is 29.4. The summed E-state index contributed by atoms with van der Waals surface area (Å²) in [6.45, 7) is 11.8. The Hall–Kier alpha value is -3.04. The highest BCUT2D eigenvalue weighted by Crippen LogP contribution is 2.68. The van der Waals surface area contributed by atoms with Crippen molar-refractivity contribution >= 4 is 23.7 Å². The fourth-order valence-electron chi connectivity index (χ4n) is 7.64. The van der Waals surface area contributed by atoms with E-state index in [2.05, 4.69) is 0 Å². The summed E-state index contributed by atoms with van der Waals surface area (Å²) in [5.74, 6) is -3.63. The first-order valence-electron chi connectivity index (χ1n) is 13.9. The minimum atomic E-state index is -1.29. The van der Waals surface area contributed by atoms with Gasteiger partial charge in [-0.1, -0.05) is 45.9 Å². The third-order valence-corrected chi connectivity index (χ3v) is 9.56. The lowest BCUT2D eigenvalue weighted by atomic mass is 9.80. The van der Waals surface area contributed by atoms with Crippen LogP contribution in [0.15, 0.2) is 42.0 Å². The molecule has 9 nitrogen and oxygen atoms in total. The Balaban J connectivity index is 1.63. The molecule has 40 heavy (non-hydrogen) atoms. The van der Waals surface area contributed by atoms with E-state index < -0.39 is 70.8 Å². The van der Waals surface area contributed by atoms with Crippen molar-refractivity contribution in [2.75, 3.05) is 0 Å². The van der Waals surface area contributed by atoms with Gasteiger partial charge in [-0.3, -0.25) is 14.4 Å². The molecule has 4 aliphatic rings. The number of ketones is 1. The van der Waals surface area contributed by atoms with E-state index in [0.717, 1.165) is 0 Å². The summed E-state index contributed by atoms with van der Waals surface area (Å²) in [4.78, 5) is 51.8. The predicted octanol–water partition coefficient (Wildman–Crippen LogP) is 3.42. The van der Waals surface area contributed by atoms with Crippen molar-refractivity contribution in [3.63, 3.8) is 0 Å². The van der Waals surface area contributed by atoms with Crippen LogP contribution in [0.25, 0.3) is 0 Å². The highest BCUT2D eigenvalue weighted by Gasteiger charge is 2.84. The van der Waals surface area contributed by atoms with Crippen LogP contribution in [0.1, 0.15) is 65.2 Å². The normalized spacial score (nSPS) is 42.5. The average molecular weight is 555 g/mol. The molecule has 0 spiro atoms. The van der Waals surface area contributed by atoms with Gasteiger partial charge < -0.3 is 24.1 Å². The molecule has 0 bridgehead atoms. The third kappa shape index (κ3) is 4.20. The van der Waals surface area contributed by atoms with E-state index in [1.54, 1.807) is 50.3 Å². The number of aliphatic hydroxyl groups is 1. The van der Waals surface area contributed by atoms with Crippen LogP contribution in [-0.2, 0) is 33.3 Å². The fourth-order valence-corrected chi connectivity index (χ4v) is 7.64. The topological polar surface area (TPSA) is 129 Å². The zero-order valence-electron chi connectivity index (χ0n) is 24.0. The number of epoxide rings is 1. The number of carbonyl (C=O) groups is 4. The fraction of sp³-hybridized carbons (Fsp3) is 0.613. The summed E-state index contributed by atoms with van der Waals surface area (Å²) >= 11 is 0. The first-order valence-corrected chi connectivity index (χ1v) is 13.9. The van der Waals surface area contributed by atoms with Gasteiger partial charge >= 0.3 is 17.9 Å². The summed E-state index contributed by atoms with van der Waals surface area (Å²) in [7, 11) is 0. The number of carbonyl (C=O) groups excluding carboxylic acids is 4. The van der Waals surface area contributed by atoms with Gasteiger partial charge in [0, 0.05) is 25.7 Å². The SMILES string of the molecule is CC(=O)O[C@H]1[C@@H]2[C@H]([C@H](OC(=O)c3ccccc3)[C@H](O)/C(C)=C\[C@@]34O[C@@]3(C[C@H](C)[C@@H]4OC(C)=O)C(=O)[C@@H]1C)C2(C)C. The number of Topliss-reactive ketones (excluding diaryl/α,β-unsaturated/α-hetero) is 1. The van der Waals surface area contributed by atoms with Gasteiger partial charge in [0.1, 0.15) is 24.4 Å². The molecule has 1 aromatic carbocycles. The molecule has 1 N–H and O–H groups in total. The Morgan fingerprint density at radius 2 is 1.55 bits per heavy atom. The minimum Gasteiger partial charge on any atom is -0.461 e. The quantitative estimate of drug-likeness (QED) is 0.258. The Morgan fingerprint density at radius 1 is 0.950 bits per heavy atom. The Morgan fingerprint density at radius 3 is 2.15 bits per heavy atom. The van der Waals surface area contributed by atoms with Crippen LogP contribution >= 0.6 is 0 Å². The number of ether oxygens (including phenoxy) is 4. The highest BCUT2D eigenvalue weighted by molar-refractivity contribution is 5.96. The number of esters is 3. The van der Waals surface area contributed by atoms with Crippen LogP contribution in [0.4, 0.5) is 0 Å². The van der Waals surface area contributed by atoms with Gasteiger partial charge in [0.15, 0.2) is 17.0 Å². The first-order chi connectivity index (χ1) is 18.7. The molecule has 9 heteroatoms. The number of hydrogen-bond acceptors (Lipinski definition) is 9. The van der Waals surface area contributed by atoms with E-state index in [-0.39, 0.29) is 17.6 Å². The number of hydrogen-bond donors (Lipinski definition) is 1. The molecule has 1 heterocycles. The van der Waals surface area contributed by atoms with E-state index >= 15 is 0 Å². The molecule has 0 radical (unpaired) electrons. The van der Waals surface area contributed by atoms with E-state index in [4.69, 9.17) is 18.9 Å². The van der Waals surface area contributed by atoms with Gasteiger partial charge in [0.05, 0.1) is 11.5 Å². The standard InChI is InChI=1S/C31H38O9/c1-15-13-31-27(38-19(5)33)16(2)14-30(31,40-31)26(35)17(3)24(37-18(4)32)21-22(29(21,6)7)25(23(15)34)39-28(36)20-11-9-8-10-12-20/h8-13,16-17,21-25,27,34H,14H2,1-7H3/b15-13-/t16-,17+,21-,22+,23+,24+,25-,27-,30-,31-/m0/s1. The maximum absolute atomic E-state index is 14.3. The molecule has 216 valence electrons. The van der Waals surface area contributed by atoms with Gasteiger partial charge in [-0.05, 0) is 48.5 Å². The average Bonchev–Trinajstić information content (AvgIpc) is 3.68. The molecule has 0 unspecified atom stereocenters. The summed E-state index contributed by atoms with van der Waals surface area (Å²) in [6.07, 6.45) is -1.86. The number of fused-ring (bicyclic) bond motifs is 1. The molecule has 5 rings (SSSR count). The molecule has 2 saturated carbocycles. The summed E-state index contributed by atoms with van der Waals surface area (Å²) in [6, 6.07) is 8.51. The second-order valence-corrected chi connectivity index (χ2v) is 12.6. The van der Waals surface area contributed by atoms with Gasteiger partial charge in [0.25, 0.3) is 0 Å². The monoisotopic (exact) mass is 554 g/mol. The van der Waals surface area contributed by atoms with Crippen LogP contribution in [0.2, 0.25) is 0 Å². The molecule has 0 aromatic heterocycles. The zero-order valence-corrected chi connectivity index (χ0v) is 24.0. The van der Waals surface area contributed by atoms with Crippen molar-refractivity contribution in [1.29, 1.82) is 0 Å². The maximum Gasteiger partial charge on any atom is 0.338 e. The van der Waals surface area contributed by atoms with Crippen molar-refractivity contribution in [2.45, 2.75) is 90.5 Å². The Kier molecular flexibility index (Phi) is 6.78. The lowest BCUT2D eigenvalue weighted by molar-refractivity contribution is -0.154. The maximum atomic E-state index is 14.3. The number of rotatable bonds is 4. The largest absolute Gasteiger partial charge is 0.461 e. The van der Waals surface area contributed by atoms with Crippen LogP contribution in [0.3, 0.4) is 0 Å². The lowest BCUT2D eigenvalue weighted by Crippen LogP contribution is -2.43. The first kappa shape index (κ1) is 28.5. The van der Waals surface area contributed by atoms with Gasteiger partial charge in [-0.25, -0.2) is 4.79 Å². The van der Waals surface area contributed by atoms with Crippen LogP contribution in [0.5, 0.6) is 0 Å².